The summed E-state index contributed by atoms with van der Waals surface area (Å²) in [4.78, 5) is 26.0. The van der Waals surface area contributed by atoms with Gasteiger partial charge in [-0.05, 0) is 50.2 Å². The van der Waals surface area contributed by atoms with Crippen molar-refractivity contribution >= 4 is 11.9 Å². The largest absolute Gasteiger partial charge is 0.352 e. The number of rotatable bonds is 7. The number of carbonyl (C=O) groups excluding carboxylic acids is 1. The van der Waals surface area contributed by atoms with Gasteiger partial charge in [0.2, 0.25) is 5.95 Å². The van der Waals surface area contributed by atoms with Crippen molar-refractivity contribution in [3.8, 4) is 0 Å². The Morgan fingerprint density at radius 3 is 2.24 bits per heavy atom. The van der Waals surface area contributed by atoms with Crippen molar-refractivity contribution < 1.29 is 4.79 Å². The third-order valence-electron chi connectivity index (χ3n) is 7.47. The topological polar surface area (TPSA) is 58.1 Å². The normalized spacial score (nSPS) is 17.1. The first-order valence-corrected chi connectivity index (χ1v) is 12.7. The highest BCUT2D eigenvalue weighted by atomic mass is 16.1. The molecule has 5 heteroatoms. The summed E-state index contributed by atoms with van der Waals surface area (Å²) in [6.45, 7) is 4.54. The van der Waals surface area contributed by atoms with Crippen molar-refractivity contribution in [3.63, 3.8) is 0 Å². The van der Waals surface area contributed by atoms with Gasteiger partial charge in [-0.15, -0.1) is 0 Å². The number of hydrogen-bond acceptors (Lipinski definition) is 4. The monoisotopic (exact) mass is 454 g/mol. The molecule has 5 nitrogen and oxygen atoms in total. The Morgan fingerprint density at radius 2 is 1.56 bits per heavy atom. The molecule has 1 aliphatic heterocycles. The van der Waals surface area contributed by atoms with Crippen LogP contribution in [0.15, 0.2) is 60.7 Å². The molecule has 2 fully saturated rings. The summed E-state index contributed by atoms with van der Waals surface area (Å²) >= 11 is 0. The van der Waals surface area contributed by atoms with Gasteiger partial charge in [-0.25, -0.2) is 9.97 Å². The molecule has 1 aliphatic carbocycles. The average Bonchev–Trinajstić information content (AvgIpc) is 3.58. The second-order valence-corrected chi connectivity index (χ2v) is 9.67. The van der Waals surface area contributed by atoms with Gasteiger partial charge in [-0.2, -0.15) is 0 Å². The van der Waals surface area contributed by atoms with Gasteiger partial charge in [0, 0.05) is 25.0 Å². The lowest BCUT2D eigenvalue weighted by Gasteiger charge is -2.32. The van der Waals surface area contributed by atoms with E-state index in [4.69, 9.17) is 9.97 Å². The van der Waals surface area contributed by atoms with Crippen molar-refractivity contribution in [2.24, 2.45) is 0 Å². The van der Waals surface area contributed by atoms with Gasteiger partial charge in [-0.1, -0.05) is 73.5 Å². The molecule has 0 bridgehead atoms. The van der Waals surface area contributed by atoms with Gasteiger partial charge >= 0.3 is 0 Å². The van der Waals surface area contributed by atoms with E-state index in [0.717, 1.165) is 62.5 Å². The Bertz CT molecular complexity index is 1120. The molecule has 5 rings (SSSR count). The Hall–Kier alpha value is -3.21. The summed E-state index contributed by atoms with van der Waals surface area (Å²) in [5, 5.41) is 3.18. The molecule has 176 valence electrons. The van der Waals surface area contributed by atoms with Crippen molar-refractivity contribution in [1.29, 1.82) is 0 Å². The molecular weight excluding hydrogens is 420 g/mol. The fourth-order valence-electron chi connectivity index (χ4n) is 5.69. The zero-order valence-electron chi connectivity index (χ0n) is 20.1. The molecular formula is C29H34N4O. The first-order chi connectivity index (χ1) is 16.7. The number of hydrogen-bond donors (Lipinski definition) is 1. The molecule has 1 N–H and O–H groups in total. The lowest BCUT2D eigenvalue weighted by molar-refractivity contribution is 0.0950. The van der Waals surface area contributed by atoms with Crippen LogP contribution in [0, 0.1) is 6.92 Å². The van der Waals surface area contributed by atoms with E-state index in [1.54, 1.807) is 0 Å². The maximum atomic E-state index is 13.6. The van der Waals surface area contributed by atoms with E-state index in [-0.39, 0.29) is 11.3 Å². The minimum atomic E-state index is -0.241. The Morgan fingerprint density at radius 1 is 0.912 bits per heavy atom. The van der Waals surface area contributed by atoms with Crippen LogP contribution in [0.3, 0.4) is 0 Å². The summed E-state index contributed by atoms with van der Waals surface area (Å²) in [5.41, 5.74) is 4.61. The second-order valence-electron chi connectivity index (χ2n) is 9.67. The second kappa shape index (κ2) is 9.96. The van der Waals surface area contributed by atoms with E-state index >= 15 is 0 Å². The van der Waals surface area contributed by atoms with Crippen LogP contribution in [0.2, 0.25) is 0 Å². The molecule has 2 heterocycles. The van der Waals surface area contributed by atoms with Crippen molar-refractivity contribution in [1.82, 2.24) is 15.3 Å². The predicted octanol–water partition coefficient (Wildman–Crippen LogP) is 5.22. The van der Waals surface area contributed by atoms with Gasteiger partial charge in [0.1, 0.15) is 0 Å². The lowest BCUT2D eigenvalue weighted by atomic mass is 9.74. The van der Waals surface area contributed by atoms with E-state index in [9.17, 15) is 4.79 Å². The van der Waals surface area contributed by atoms with Gasteiger partial charge in [0.15, 0.2) is 0 Å². The molecule has 0 atom stereocenters. The molecule has 1 saturated heterocycles. The quantitative estimate of drug-likeness (QED) is 0.532. The average molecular weight is 455 g/mol. The van der Waals surface area contributed by atoms with Crippen LogP contribution in [0.25, 0.3) is 0 Å². The Kier molecular flexibility index (Phi) is 6.61. The van der Waals surface area contributed by atoms with Crippen LogP contribution in [0.1, 0.15) is 71.4 Å². The molecule has 2 aliphatic rings. The molecule has 1 saturated carbocycles. The zero-order chi connectivity index (χ0) is 23.4. The minimum absolute atomic E-state index is 0.0568. The third kappa shape index (κ3) is 4.44. The standard InChI is InChI=1S/C29H34N4O/c1-22-25(27(34)30-19-16-23-12-4-2-5-13-23)26(32-28(31-22)33-20-10-11-21-33)29(17-8-9-18-29)24-14-6-3-7-15-24/h2-7,12-15H,8-11,16-21H2,1H3,(H,30,34). The summed E-state index contributed by atoms with van der Waals surface area (Å²) in [5.74, 6) is 0.728. The highest BCUT2D eigenvalue weighted by molar-refractivity contribution is 5.97. The van der Waals surface area contributed by atoms with Crippen LogP contribution in [0.5, 0.6) is 0 Å². The minimum Gasteiger partial charge on any atom is -0.352 e. The number of carbonyl (C=O) groups is 1. The number of amides is 1. The fourth-order valence-corrected chi connectivity index (χ4v) is 5.69. The molecule has 2 aromatic carbocycles. The summed E-state index contributed by atoms with van der Waals surface area (Å²) < 4.78 is 0. The molecule has 0 radical (unpaired) electrons. The SMILES string of the molecule is Cc1nc(N2CCCC2)nc(C2(c3ccccc3)CCCC2)c1C(=O)NCCc1ccccc1. The highest BCUT2D eigenvalue weighted by Crippen LogP contribution is 2.47. The fraction of sp³-hybridized carbons (Fsp3) is 0.414. The maximum absolute atomic E-state index is 13.6. The zero-order valence-corrected chi connectivity index (χ0v) is 20.1. The van der Waals surface area contributed by atoms with E-state index in [1.165, 1.54) is 24.0 Å². The molecule has 1 amide bonds. The number of nitrogens with one attached hydrogen (secondary N) is 1. The number of nitrogens with zero attached hydrogens (tertiary/aromatic N) is 3. The van der Waals surface area contributed by atoms with Crippen molar-refractivity contribution in [2.45, 2.75) is 57.3 Å². The first-order valence-electron chi connectivity index (χ1n) is 12.7. The molecule has 3 aromatic rings. The number of anilines is 1. The van der Waals surface area contributed by atoms with Gasteiger partial charge in [-0.3, -0.25) is 4.79 Å². The van der Waals surface area contributed by atoms with E-state index in [1.807, 2.05) is 25.1 Å². The van der Waals surface area contributed by atoms with Crippen LogP contribution in [-0.4, -0.2) is 35.5 Å². The molecule has 34 heavy (non-hydrogen) atoms. The Labute approximate surface area is 202 Å². The van der Waals surface area contributed by atoms with Crippen LogP contribution < -0.4 is 10.2 Å². The van der Waals surface area contributed by atoms with E-state index in [2.05, 4.69) is 52.7 Å². The Balaban J connectivity index is 1.53. The van der Waals surface area contributed by atoms with Crippen LogP contribution in [-0.2, 0) is 11.8 Å². The number of aryl methyl sites for hydroxylation is 1. The molecule has 0 spiro atoms. The van der Waals surface area contributed by atoms with Crippen molar-refractivity contribution in [2.75, 3.05) is 24.5 Å². The molecule has 0 unspecified atom stereocenters. The van der Waals surface area contributed by atoms with Gasteiger partial charge in [0.05, 0.1) is 17.0 Å². The third-order valence-corrected chi connectivity index (χ3v) is 7.47. The van der Waals surface area contributed by atoms with Gasteiger partial charge < -0.3 is 10.2 Å². The highest BCUT2D eigenvalue weighted by Gasteiger charge is 2.42. The van der Waals surface area contributed by atoms with Gasteiger partial charge in [0.25, 0.3) is 5.91 Å². The summed E-state index contributed by atoms with van der Waals surface area (Å²) in [6.07, 6.45) is 7.45. The van der Waals surface area contributed by atoms with Crippen LogP contribution >= 0.6 is 0 Å². The van der Waals surface area contributed by atoms with E-state index < -0.39 is 0 Å². The van der Waals surface area contributed by atoms with Crippen LogP contribution in [0.4, 0.5) is 5.95 Å². The lowest BCUT2D eigenvalue weighted by Crippen LogP contribution is -2.35. The summed E-state index contributed by atoms with van der Waals surface area (Å²) in [7, 11) is 0. The number of benzene rings is 2. The first kappa shape index (κ1) is 22.6. The van der Waals surface area contributed by atoms with E-state index in [0.29, 0.717) is 12.1 Å². The smallest absolute Gasteiger partial charge is 0.255 e. The molecule has 1 aromatic heterocycles. The predicted molar refractivity (Wildman–Crippen MR) is 136 cm³/mol. The maximum Gasteiger partial charge on any atom is 0.255 e. The van der Waals surface area contributed by atoms with Crippen molar-refractivity contribution in [3.05, 3.63) is 88.7 Å². The summed E-state index contributed by atoms with van der Waals surface area (Å²) in [6, 6.07) is 21.0. The number of aromatic nitrogens is 2.